The summed E-state index contributed by atoms with van der Waals surface area (Å²) in [5, 5.41) is 0. The molecule has 20 heavy (non-hydrogen) atoms. The second kappa shape index (κ2) is 6.06. The Labute approximate surface area is 117 Å². The van der Waals surface area contributed by atoms with E-state index in [0.29, 0.717) is 11.6 Å². The molecule has 0 atom stereocenters. The van der Waals surface area contributed by atoms with Gasteiger partial charge in [0.2, 0.25) is 5.88 Å². The SMILES string of the molecule is CCOC(=O)c1cc(Oc2ccccc2C)ncc1N. The van der Waals surface area contributed by atoms with Crippen LogP contribution < -0.4 is 10.5 Å². The van der Waals surface area contributed by atoms with Crippen molar-refractivity contribution in [2.24, 2.45) is 0 Å². The number of nitrogens with two attached hydrogens (primary N) is 1. The third-order valence-electron chi connectivity index (χ3n) is 2.71. The van der Waals surface area contributed by atoms with E-state index in [1.807, 2.05) is 31.2 Å². The van der Waals surface area contributed by atoms with Crippen molar-refractivity contribution < 1.29 is 14.3 Å². The van der Waals surface area contributed by atoms with Gasteiger partial charge in [-0.2, -0.15) is 0 Å². The molecule has 2 aromatic rings. The highest BCUT2D eigenvalue weighted by atomic mass is 16.5. The lowest BCUT2D eigenvalue weighted by Crippen LogP contribution is -2.08. The van der Waals surface area contributed by atoms with E-state index in [1.54, 1.807) is 6.92 Å². The number of esters is 1. The summed E-state index contributed by atoms with van der Waals surface area (Å²) < 4.78 is 10.6. The van der Waals surface area contributed by atoms with Gasteiger partial charge in [0.1, 0.15) is 5.75 Å². The molecule has 1 heterocycles. The highest BCUT2D eigenvalue weighted by molar-refractivity contribution is 5.95. The van der Waals surface area contributed by atoms with Gasteiger partial charge in [0.05, 0.1) is 24.1 Å². The average Bonchev–Trinajstić information content (AvgIpc) is 2.43. The fourth-order valence-corrected chi connectivity index (χ4v) is 1.67. The molecule has 2 rings (SSSR count). The summed E-state index contributed by atoms with van der Waals surface area (Å²) in [6, 6.07) is 9.03. The summed E-state index contributed by atoms with van der Waals surface area (Å²) in [7, 11) is 0. The summed E-state index contributed by atoms with van der Waals surface area (Å²) in [5.41, 5.74) is 7.22. The lowest BCUT2D eigenvalue weighted by molar-refractivity contribution is 0.0527. The number of carbonyl (C=O) groups excluding carboxylic acids is 1. The fraction of sp³-hybridized carbons (Fsp3) is 0.200. The maximum Gasteiger partial charge on any atom is 0.340 e. The molecule has 0 amide bonds. The molecule has 5 heteroatoms. The van der Waals surface area contributed by atoms with Gasteiger partial charge < -0.3 is 15.2 Å². The van der Waals surface area contributed by atoms with Crippen molar-refractivity contribution in [3.05, 3.63) is 47.7 Å². The molecule has 0 fully saturated rings. The molecule has 1 aromatic carbocycles. The smallest absolute Gasteiger partial charge is 0.340 e. The number of anilines is 1. The number of aromatic nitrogens is 1. The Morgan fingerprint density at radius 3 is 2.80 bits per heavy atom. The van der Waals surface area contributed by atoms with Crippen LogP contribution in [0.1, 0.15) is 22.8 Å². The number of aryl methyl sites for hydroxylation is 1. The molecule has 0 aliphatic heterocycles. The van der Waals surface area contributed by atoms with Gasteiger partial charge in [-0.05, 0) is 25.5 Å². The minimum atomic E-state index is -0.484. The molecule has 5 nitrogen and oxygen atoms in total. The first-order valence-corrected chi connectivity index (χ1v) is 6.28. The zero-order chi connectivity index (χ0) is 14.5. The molecule has 0 unspecified atom stereocenters. The van der Waals surface area contributed by atoms with E-state index in [1.165, 1.54) is 12.3 Å². The fourth-order valence-electron chi connectivity index (χ4n) is 1.67. The number of benzene rings is 1. The van der Waals surface area contributed by atoms with Gasteiger partial charge >= 0.3 is 5.97 Å². The predicted octanol–water partition coefficient (Wildman–Crippen LogP) is 2.94. The number of rotatable bonds is 4. The van der Waals surface area contributed by atoms with Crippen molar-refractivity contribution in [1.29, 1.82) is 0 Å². The van der Waals surface area contributed by atoms with Gasteiger partial charge in [0.15, 0.2) is 0 Å². The molecule has 0 spiro atoms. The zero-order valence-electron chi connectivity index (χ0n) is 11.4. The largest absolute Gasteiger partial charge is 0.462 e. The van der Waals surface area contributed by atoms with Gasteiger partial charge in [0, 0.05) is 6.07 Å². The number of ether oxygens (including phenoxy) is 2. The lowest BCUT2D eigenvalue weighted by Gasteiger charge is -2.10. The molecule has 1 aromatic heterocycles. The van der Waals surface area contributed by atoms with Crippen LogP contribution in [0.5, 0.6) is 11.6 Å². The molecule has 0 aliphatic carbocycles. The number of nitrogens with zero attached hydrogens (tertiary/aromatic N) is 1. The maximum atomic E-state index is 11.8. The number of hydrogen-bond acceptors (Lipinski definition) is 5. The number of carbonyl (C=O) groups is 1. The molecule has 0 bridgehead atoms. The highest BCUT2D eigenvalue weighted by Gasteiger charge is 2.13. The van der Waals surface area contributed by atoms with E-state index in [9.17, 15) is 4.79 Å². The highest BCUT2D eigenvalue weighted by Crippen LogP contribution is 2.25. The van der Waals surface area contributed by atoms with Gasteiger partial charge in [-0.25, -0.2) is 9.78 Å². The second-order valence-electron chi connectivity index (χ2n) is 4.20. The molecule has 0 radical (unpaired) electrons. The molecule has 2 N–H and O–H groups in total. The van der Waals surface area contributed by atoms with Crippen LogP contribution in [0.15, 0.2) is 36.5 Å². The van der Waals surface area contributed by atoms with Gasteiger partial charge in [-0.15, -0.1) is 0 Å². The van der Waals surface area contributed by atoms with E-state index in [4.69, 9.17) is 15.2 Å². The first-order chi connectivity index (χ1) is 9.61. The molecule has 0 saturated heterocycles. The Morgan fingerprint density at radius 2 is 2.10 bits per heavy atom. The Balaban J connectivity index is 2.28. The van der Waals surface area contributed by atoms with Gasteiger partial charge in [-0.1, -0.05) is 18.2 Å². The van der Waals surface area contributed by atoms with Gasteiger partial charge in [-0.3, -0.25) is 0 Å². The van der Waals surface area contributed by atoms with Crippen molar-refractivity contribution in [3.63, 3.8) is 0 Å². The van der Waals surface area contributed by atoms with Crippen molar-refractivity contribution >= 4 is 11.7 Å². The van der Waals surface area contributed by atoms with Crippen LogP contribution in [-0.4, -0.2) is 17.6 Å². The number of pyridine rings is 1. The minimum absolute atomic E-state index is 0.255. The van der Waals surface area contributed by atoms with Crippen LogP contribution in [0.4, 0.5) is 5.69 Å². The summed E-state index contributed by atoms with van der Waals surface area (Å²) in [4.78, 5) is 15.8. The van der Waals surface area contributed by atoms with Gasteiger partial charge in [0.25, 0.3) is 0 Å². The third-order valence-corrected chi connectivity index (χ3v) is 2.71. The average molecular weight is 272 g/mol. The summed E-state index contributed by atoms with van der Waals surface area (Å²) in [6.45, 7) is 3.95. The van der Waals surface area contributed by atoms with Crippen molar-refractivity contribution in [3.8, 4) is 11.6 Å². The standard InChI is InChI=1S/C15H16N2O3/c1-3-19-15(18)11-8-14(17-9-12(11)16)20-13-7-5-4-6-10(13)2/h4-9H,3,16H2,1-2H3. The first-order valence-electron chi connectivity index (χ1n) is 6.28. The molecule has 0 saturated carbocycles. The summed E-state index contributed by atoms with van der Waals surface area (Å²) in [5.74, 6) is 0.498. The predicted molar refractivity (Wildman–Crippen MR) is 75.9 cm³/mol. The van der Waals surface area contributed by atoms with Crippen molar-refractivity contribution in [2.45, 2.75) is 13.8 Å². The number of hydrogen-bond donors (Lipinski definition) is 1. The van der Waals surface area contributed by atoms with Crippen molar-refractivity contribution in [2.75, 3.05) is 12.3 Å². The normalized spacial score (nSPS) is 10.1. The minimum Gasteiger partial charge on any atom is -0.462 e. The Kier molecular flexibility index (Phi) is 4.20. The molecular formula is C15H16N2O3. The summed E-state index contributed by atoms with van der Waals surface area (Å²) >= 11 is 0. The number of para-hydroxylation sites is 1. The molecule has 0 aliphatic rings. The summed E-state index contributed by atoms with van der Waals surface area (Å²) in [6.07, 6.45) is 1.39. The Morgan fingerprint density at radius 1 is 1.35 bits per heavy atom. The van der Waals surface area contributed by atoms with Crippen LogP contribution in [0, 0.1) is 6.92 Å². The second-order valence-corrected chi connectivity index (χ2v) is 4.20. The molecule has 104 valence electrons. The van der Waals surface area contributed by atoms with E-state index in [-0.39, 0.29) is 17.9 Å². The van der Waals surface area contributed by atoms with E-state index in [2.05, 4.69) is 4.98 Å². The van der Waals surface area contributed by atoms with Crippen molar-refractivity contribution in [1.82, 2.24) is 4.98 Å². The quantitative estimate of drug-likeness (QED) is 0.866. The van der Waals surface area contributed by atoms with E-state index >= 15 is 0 Å². The Bertz CT molecular complexity index is 626. The van der Waals surface area contributed by atoms with Crippen LogP contribution in [0.2, 0.25) is 0 Å². The Hall–Kier alpha value is -2.56. The first kappa shape index (κ1) is 13.9. The van der Waals surface area contributed by atoms with Crippen LogP contribution in [0.25, 0.3) is 0 Å². The molecular weight excluding hydrogens is 256 g/mol. The third kappa shape index (κ3) is 3.06. The van der Waals surface area contributed by atoms with E-state index in [0.717, 1.165) is 5.56 Å². The van der Waals surface area contributed by atoms with E-state index < -0.39 is 5.97 Å². The van der Waals surface area contributed by atoms with Crippen LogP contribution in [-0.2, 0) is 4.74 Å². The lowest BCUT2D eigenvalue weighted by atomic mass is 10.2. The van der Waals surface area contributed by atoms with Crippen LogP contribution >= 0.6 is 0 Å². The number of nitrogen functional groups attached to an aromatic ring is 1. The monoisotopic (exact) mass is 272 g/mol. The maximum absolute atomic E-state index is 11.8. The topological polar surface area (TPSA) is 74.4 Å². The zero-order valence-corrected chi connectivity index (χ0v) is 11.4. The van der Waals surface area contributed by atoms with Crippen LogP contribution in [0.3, 0.4) is 0 Å².